The van der Waals surface area contributed by atoms with Crippen LogP contribution in [0.4, 0.5) is 0 Å². The van der Waals surface area contributed by atoms with Gasteiger partial charge in [-0.3, -0.25) is 14.4 Å². The molecule has 8 rings (SSSR count). The zero-order valence-electron chi connectivity index (χ0n) is 20.4. The van der Waals surface area contributed by atoms with Crippen molar-refractivity contribution >= 4 is 73.1 Å². The summed E-state index contributed by atoms with van der Waals surface area (Å²) >= 11 is 0. The summed E-state index contributed by atoms with van der Waals surface area (Å²) in [7, 11) is -0.906. The molecule has 0 aliphatic carbocycles. The highest BCUT2D eigenvalue weighted by Crippen LogP contribution is 2.38. The second-order valence-electron chi connectivity index (χ2n) is 9.40. The molecule has 0 saturated carbocycles. The molecule has 8 aromatic rings. The molecule has 0 N–H and O–H groups in total. The number of para-hydroxylation sites is 2. The Morgan fingerprint density at radius 3 is 2.29 bits per heavy atom. The maximum atomic E-state index is 5.22. The molecule has 1 unspecified atom stereocenters. The highest BCUT2D eigenvalue weighted by atomic mass is 31.1. The van der Waals surface area contributed by atoms with E-state index in [0.29, 0.717) is 0 Å². The van der Waals surface area contributed by atoms with Gasteiger partial charge in [-0.2, -0.15) is 0 Å². The number of aromatic nitrogens is 4. The number of imidazole rings is 1. The average Bonchev–Trinajstić information content (AvgIpc) is 3.39. The van der Waals surface area contributed by atoms with E-state index < -0.39 is 7.92 Å². The van der Waals surface area contributed by atoms with Crippen molar-refractivity contribution in [2.45, 2.75) is 0 Å². The highest BCUT2D eigenvalue weighted by molar-refractivity contribution is 7.80. The Kier molecular flexibility index (Phi) is 4.76. The largest absolute Gasteiger partial charge is 0.291 e. The number of fused-ring (bicyclic) bond motifs is 9. The summed E-state index contributed by atoms with van der Waals surface area (Å²) in [5.41, 5.74) is 5.33. The lowest BCUT2D eigenvalue weighted by Crippen LogP contribution is -2.22. The van der Waals surface area contributed by atoms with E-state index in [2.05, 4.69) is 117 Å². The van der Waals surface area contributed by atoms with Gasteiger partial charge >= 0.3 is 0 Å². The Morgan fingerprint density at radius 2 is 1.39 bits per heavy atom. The van der Waals surface area contributed by atoms with Crippen molar-refractivity contribution in [3.8, 4) is 0 Å². The number of nitrogens with zero attached hydrogens (tertiary/aromatic N) is 4. The third kappa shape index (κ3) is 3.17. The summed E-state index contributed by atoms with van der Waals surface area (Å²) in [6.07, 6.45) is 5.65. The zero-order valence-corrected chi connectivity index (χ0v) is 21.3. The lowest BCUT2D eigenvalue weighted by atomic mass is 10.1. The SMILES string of the molecule is c1cnc2cc(P(c3ccncc3)c3cccc4nc5c6ccccc6c6ccccc6n5c34)ccc2c1. The van der Waals surface area contributed by atoms with Crippen LogP contribution < -0.4 is 15.9 Å². The zero-order chi connectivity index (χ0) is 25.1. The molecule has 178 valence electrons. The Balaban J connectivity index is 1.53. The first-order valence-electron chi connectivity index (χ1n) is 12.6. The van der Waals surface area contributed by atoms with E-state index in [4.69, 9.17) is 4.98 Å². The monoisotopic (exact) mass is 504 g/mol. The molecule has 0 saturated heterocycles. The van der Waals surface area contributed by atoms with Gasteiger partial charge in [0, 0.05) is 40.1 Å². The molecule has 38 heavy (non-hydrogen) atoms. The summed E-state index contributed by atoms with van der Waals surface area (Å²) in [6, 6.07) is 38.9. The quantitative estimate of drug-likeness (QED) is 0.204. The molecule has 4 heterocycles. The van der Waals surface area contributed by atoms with Gasteiger partial charge in [0.1, 0.15) is 5.65 Å². The lowest BCUT2D eigenvalue weighted by Gasteiger charge is -2.21. The van der Waals surface area contributed by atoms with Gasteiger partial charge in [-0.15, -0.1) is 0 Å². The van der Waals surface area contributed by atoms with Crippen molar-refractivity contribution < 1.29 is 0 Å². The first-order valence-corrected chi connectivity index (χ1v) is 14.0. The minimum atomic E-state index is -0.906. The number of hydrogen-bond acceptors (Lipinski definition) is 3. The fourth-order valence-corrected chi connectivity index (χ4v) is 8.05. The van der Waals surface area contributed by atoms with Crippen LogP contribution in [0, 0.1) is 0 Å². The number of rotatable bonds is 3. The topological polar surface area (TPSA) is 43.1 Å². The first-order chi connectivity index (χ1) is 18.9. The van der Waals surface area contributed by atoms with E-state index in [9.17, 15) is 0 Å². The molecule has 5 heteroatoms. The fourth-order valence-electron chi connectivity index (χ4n) is 5.63. The van der Waals surface area contributed by atoms with Gasteiger partial charge in [-0.05, 0) is 60.3 Å². The molecular formula is C33H21N4P. The van der Waals surface area contributed by atoms with Crippen molar-refractivity contribution in [3.63, 3.8) is 0 Å². The van der Waals surface area contributed by atoms with Crippen molar-refractivity contribution in [2.24, 2.45) is 0 Å². The van der Waals surface area contributed by atoms with Crippen LogP contribution in [0.25, 0.3) is 49.3 Å². The van der Waals surface area contributed by atoms with Crippen molar-refractivity contribution in [2.75, 3.05) is 0 Å². The first kappa shape index (κ1) is 21.4. The Bertz CT molecular complexity index is 2150. The van der Waals surface area contributed by atoms with Crippen LogP contribution in [0.2, 0.25) is 0 Å². The standard InChI is InChI=1S/C33H21N4P/c1-2-10-27-25(8-1)26-9-3-4-12-30(26)37-32-28(36-33(27)37)11-5-13-31(32)38(23-16-19-34-20-17-23)24-15-14-22-7-6-18-35-29(22)21-24/h1-21H. The normalized spacial score (nSPS) is 12.6. The lowest BCUT2D eigenvalue weighted by molar-refractivity contribution is 1.32. The molecule has 4 nitrogen and oxygen atoms in total. The molecule has 0 amide bonds. The van der Waals surface area contributed by atoms with Gasteiger partial charge in [-0.25, -0.2) is 4.98 Å². The number of hydrogen-bond donors (Lipinski definition) is 0. The van der Waals surface area contributed by atoms with Crippen LogP contribution >= 0.6 is 7.92 Å². The van der Waals surface area contributed by atoms with Crippen LogP contribution in [-0.2, 0) is 0 Å². The van der Waals surface area contributed by atoms with E-state index in [1.54, 1.807) is 0 Å². The fraction of sp³-hybridized carbons (Fsp3) is 0. The number of pyridine rings is 3. The van der Waals surface area contributed by atoms with Gasteiger partial charge in [0.2, 0.25) is 0 Å². The summed E-state index contributed by atoms with van der Waals surface area (Å²) in [6.45, 7) is 0. The van der Waals surface area contributed by atoms with E-state index in [1.807, 2.05) is 24.7 Å². The van der Waals surface area contributed by atoms with E-state index in [-0.39, 0.29) is 0 Å². The maximum absolute atomic E-state index is 5.22. The van der Waals surface area contributed by atoms with Crippen molar-refractivity contribution in [3.05, 3.63) is 128 Å². The van der Waals surface area contributed by atoms with E-state index in [1.165, 1.54) is 32.2 Å². The third-order valence-electron chi connectivity index (χ3n) is 7.27. The summed E-state index contributed by atoms with van der Waals surface area (Å²) in [5.74, 6) is 0. The highest BCUT2D eigenvalue weighted by Gasteiger charge is 2.23. The predicted octanol–water partition coefficient (Wildman–Crippen LogP) is 6.50. The molecule has 0 radical (unpaired) electrons. The maximum Gasteiger partial charge on any atom is 0.146 e. The molecule has 4 aromatic carbocycles. The van der Waals surface area contributed by atoms with E-state index in [0.717, 1.165) is 33.0 Å². The van der Waals surface area contributed by atoms with Gasteiger partial charge in [0.25, 0.3) is 0 Å². The summed E-state index contributed by atoms with van der Waals surface area (Å²) < 4.78 is 2.37. The molecule has 1 atom stereocenters. The second kappa shape index (κ2) is 8.44. The van der Waals surface area contributed by atoms with Crippen LogP contribution in [0.15, 0.2) is 128 Å². The second-order valence-corrected chi connectivity index (χ2v) is 11.6. The van der Waals surface area contributed by atoms with E-state index >= 15 is 0 Å². The van der Waals surface area contributed by atoms with Gasteiger partial charge in [-0.1, -0.05) is 72.8 Å². The number of benzene rings is 4. The van der Waals surface area contributed by atoms with Crippen molar-refractivity contribution in [1.29, 1.82) is 0 Å². The van der Waals surface area contributed by atoms with Gasteiger partial charge < -0.3 is 0 Å². The van der Waals surface area contributed by atoms with Crippen molar-refractivity contribution in [1.82, 2.24) is 19.4 Å². The molecule has 0 aliphatic rings. The predicted molar refractivity (Wildman–Crippen MR) is 160 cm³/mol. The smallest absolute Gasteiger partial charge is 0.146 e. The Hall–Kier alpha value is -4.66. The average molecular weight is 505 g/mol. The minimum absolute atomic E-state index is 0.906. The third-order valence-corrected chi connectivity index (χ3v) is 9.72. The summed E-state index contributed by atoms with van der Waals surface area (Å²) in [4.78, 5) is 14.2. The minimum Gasteiger partial charge on any atom is -0.291 e. The van der Waals surface area contributed by atoms with Crippen LogP contribution in [0.5, 0.6) is 0 Å². The summed E-state index contributed by atoms with van der Waals surface area (Å²) in [5, 5.41) is 8.54. The van der Waals surface area contributed by atoms with Crippen LogP contribution in [-0.4, -0.2) is 19.4 Å². The molecule has 4 aromatic heterocycles. The van der Waals surface area contributed by atoms with Gasteiger partial charge in [0.05, 0.1) is 22.1 Å². The van der Waals surface area contributed by atoms with Crippen LogP contribution in [0.3, 0.4) is 0 Å². The molecule has 0 bridgehead atoms. The molecular weight excluding hydrogens is 483 g/mol. The molecule has 0 aliphatic heterocycles. The van der Waals surface area contributed by atoms with Crippen LogP contribution in [0.1, 0.15) is 0 Å². The Morgan fingerprint density at radius 1 is 0.579 bits per heavy atom. The Labute approximate surface area is 220 Å². The van der Waals surface area contributed by atoms with Gasteiger partial charge in [0.15, 0.2) is 0 Å². The molecule has 0 spiro atoms. The molecule has 0 fully saturated rings.